The molecule has 0 spiro atoms. The van der Waals surface area contributed by atoms with E-state index in [0.29, 0.717) is 0 Å². The molecule has 1 aliphatic heterocycles. The predicted molar refractivity (Wildman–Crippen MR) is 108 cm³/mol. The van der Waals surface area contributed by atoms with Crippen molar-refractivity contribution in [1.82, 2.24) is 19.9 Å². The highest BCUT2D eigenvalue weighted by Gasteiger charge is 2.25. The van der Waals surface area contributed by atoms with Crippen molar-refractivity contribution in [3.63, 3.8) is 0 Å². The van der Waals surface area contributed by atoms with Gasteiger partial charge in [0.1, 0.15) is 17.0 Å². The lowest BCUT2D eigenvalue weighted by atomic mass is 10.1. The molecule has 3 aromatic rings. The number of hydrogen-bond donors (Lipinski definition) is 0. The molecular formula is C19H23N5S2. The van der Waals surface area contributed by atoms with Crippen molar-refractivity contribution >= 4 is 38.7 Å². The average Bonchev–Trinajstić information content (AvgIpc) is 3.37. The van der Waals surface area contributed by atoms with E-state index in [-0.39, 0.29) is 0 Å². The fourth-order valence-corrected chi connectivity index (χ4v) is 6.04. The third-order valence-electron chi connectivity index (χ3n) is 5.44. The van der Waals surface area contributed by atoms with Gasteiger partial charge < -0.3 is 4.90 Å². The molecule has 0 aromatic carbocycles. The molecule has 3 aromatic heterocycles. The molecule has 0 saturated carbocycles. The maximum absolute atomic E-state index is 4.72. The number of fused-ring (bicyclic) bond motifs is 3. The minimum Gasteiger partial charge on any atom is -0.353 e. The number of nitrogens with zero attached hydrogens (tertiary/aromatic N) is 5. The van der Waals surface area contributed by atoms with Gasteiger partial charge in [-0.05, 0) is 31.2 Å². The largest absolute Gasteiger partial charge is 0.353 e. The van der Waals surface area contributed by atoms with Crippen LogP contribution in [-0.2, 0) is 25.8 Å². The number of piperazine rings is 1. The van der Waals surface area contributed by atoms with E-state index in [4.69, 9.17) is 9.97 Å². The Morgan fingerprint density at radius 2 is 2.00 bits per heavy atom. The number of hydrogen-bond acceptors (Lipinski definition) is 7. The highest BCUT2D eigenvalue weighted by atomic mass is 32.1. The Balaban J connectivity index is 1.32. The van der Waals surface area contributed by atoms with E-state index in [0.717, 1.165) is 45.0 Å². The fraction of sp³-hybridized carbons (Fsp3) is 0.526. The molecule has 26 heavy (non-hydrogen) atoms. The minimum absolute atomic E-state index is 0.970. The molecule has 0 atom stereocenters. The zero-order valence-corrected chi connectivity index (χ0v) is 16.7. The van der Waals surface area contributed by atoms with Crippen molar-refractivity contribution < 1.29 is 0 Å². The molecule has 0 radical (unpaired) electrons. The second-order valence-corrected chi connectivity index (χ2v) is 9.11. The van der Waals surface area contributed by atoms with Gasteiger partial charge in [0.2, 0.25) is 0 Å². The van der Waals surface area contributed by atoms with Gasteiger partial charge in [0, 0.05) is 43.0 Å². The number of thiazole rings is 1. The van der Waals surface area contributed by atoms with Crippen LogP contribution in [0.3, 0.4) is 0 Å². The Labute approximate surface area is 161 Å². The third kappa shape index (κ3) is 2.92. The second kappa shape index (κ2) is 6.87. The van der Waals surface area contributed by atoms with Gasteiger partial charge in [-0.15, -0.1) is 22.7 Å². The predicted octanol–water partition coefficient (Wildman–Crippen LogP) is 3.52. The van der Waals surface area contributed by atoms with Crippen molar-refractivity contribution in [2.24, 2.45) is 0 Å². The zero-order valence-electron chi connectivity index (χ0n) is 15.1. The van der Waals surface area contributed by atoms with E-state index in [1.54, 1.807) is 17.7 Å². The molecule has 1 aliphatic carbocycles. The number of thiophene rings is 1. The van der Waals surface area contributed by atoms with Crippen LogP contribution in [0.1, 0.15) is 34.5 Å². The van der Waals surface area contributed by atoms with E-state index in [2.05, 4.69) is 27.1 Å². The molecule has 1 saturated heterocycles. The second-order valence-electron chi connectivity index (χ2n) is 7.08. The van der Waals surface area contributed by atoms with Gasteiger partial charge in [0.25, 0.3) is 0 Å². The summed E-state index contributed by atoms with van der Waals surface area (Å²) in [6.07, 6.45) is 6.48. The van der Waals surface area contributed by atoms with Gasteiger partial charge in [-0.25, -0.2) is 15.0 Å². The Bertz CT molecular complexity index is 923. The lowest BCUT2D eigenvalue weighted by Crippen LogP contribution is -2.46. The van der Waals surface area contributed by atoms with Gasteiger partial charge >= 0.3 is 0 Å². The van der Waals surface area contributed by atoms with Gasteiger partial charge in [-0.2, -0.15) is 0 Å². The first-order valence-corrected chi connectivity index (χ1v) is 11.2. The normalized spacial score (nSPS) is 18.0. The molecule has 4 heterocycles. The van der Waals surface area contributed by atoms with E-state index in [9.17, 15) is 0 Å². The van der Waals surface area contributed by atoms with Crippen molar-refractivity contribution in [3.8, 4) is 0 Å². The summed E-state index contributed by atoms with van der Waals surface area (Å²) < 4.78 is 0. The molecule has 0 amide bonds. The van der Waals surface area contributed by atoms with E-state index < -0.39 is 0 Å². The standard InChI is InChI=1S/C19H23N5S2/c1-2-16-22-13(11-25-16)10-23-6-8-24(9-7-23)18-17-14-4-3-5-15(14)26-19(17)21-12-20-18/h11-12H,2-10H2,1H3. The Kier molecular flexibility index (Phi) is 4.38. The summed E-state index contributed by atoms with van der Waals surface area (Å²) in [5, 5.41) is 4.80. The van der Waals surface area contributed by atoms with Crippen LogP contribution in [0.25, 0.3) is 10.2 Å². The number of aromatic nitrogens is 3. The summed E-state index contributed by atoms with van der Waals surface area (Å²) in [5.74, 6) is 1.16. The molecule has 2 aliphatic rings. The Morgan fingerprint density at radius 3 is 2.81 bits per heavy atom. The molecule has 5 nitrogen and oxygen atoms in total. The first kappa shape index (κ1) is 16.6. The van der Waals surface area contributed by atoms with Gasteiger partial charge in [-0.3, -0.25) is 4.90 Å². The van der Waals surface area contributed by atoms with E-state index in [1.165, 1.54) is 50.6 Å². The molecule has 0 N–H and O–H groups in total. The SMILES string of the molecule is CCc1nc(CN2CCN(c3ncnc4sc5c(c34)CCC5)CC2)cs1. The molecule has 0 unspecified atom stereocenters. The van der Waals surface area contributed by atoms with Crippen LogP contribution in [0.15, 0.2) is 11.7 Å². The lowest BCUT2D eigenvalue weighted by Gasteiger charge is -2.35. The maximum Gasteiger partial charge on any atom is 0.141 e. The number of rotatable bonds is 4. The molecule has 0 bridgehead atoms. The number of anilines is 1. The third-order valence-corrected chi connectivity index (χ3v) is 7.68. The average molecular weight is 386 g/mol. The van der Waals surface area contributed by atoms with Crippen LogP contribution in [-0.4, -0.2) is 46.0 Å². The monoisotopic (exact) mass is 385 g/mol. The quantitative estimate of drug-likeness (QED) is 0.688. The zero-order chi connectivity index (χ0) is 17.5. The smallest absolute Gasteiger partial charge is 0.141 e. The lowest BCUT2D eigenvalue weighted by molar-refractivity contribution is 0.247. The minimum atomic E-state index is 0.970. The highest BCUT2D eigenvalue weighted by Crippen LogP contribution is 2.40. The molecule has 136 valence electrons. The summed E-state index contributed by atoms with van der Waals surface area (Å²) in [5.41, 5.74) is 2.75. The fourth-order valence-electron chi connectivity index (χ4n) is 4.08. The van der Waals surface area contributed by atoms with Gasteiger partial charge in [0.15, 0.2) is 0 Å². The summed E-state index contributed by atoms with van der Waals surface area (Å²) in [6.45, 7) is 7.33. The van der Waals surface area contributed by atoms with E-state index >= 15 is 0 Å². The van der Waals surface area contributed by atoms with Crippen LogP contribution < -0.4 is 4.90 Å². The van der Waals surface area contributed by atoms with Crippen LogP contribution in [0, 0.1) is 0 Å². The highest BCUT2D eigenvalue weighted by molar-refractivity contribution is 7.19. The number of aryl methyl sites for hydroxylation is 3. The van der Waals surface area contributed by atoms with Crippen molar-refractivity contribution in [2.75, 3.05) is 31.1 Å². The van der Waals surface area contributed by atoms with Crippen LogP contribution in [0.4, 0.5) is 5.82 Å². The Morgan fingerprint density at radius 1 is 1.12 bits per heavy atom. The summed E-state index contributed by atoms with van der Waals surface area (Å²) in [6, 6.07) is 0. The first-order valence-electron chi connectivity index (χ1n) is 9.47. The van der Waals surface area contributed by atoms with Crippen LogP contribution in [0.5, 0.6) is 0 Å². The molecule has 5 rings (SSSR count). The van der Waals surface area contributed by atoms with Crippen LogP contribution in [0.2, 0.25) is 0 Å². The van der Waals surface area contributed by atoms with Gasteiger partial charge in [-0.1, -0.05) is 6.92 Å². The van der Waals surface area contributed by atoms with E-state index in [1.807, 2.05) is 11.3 Å². The Hall–Kier alpha value is -1.57. The molecule has 1 fully saturated rings. The van der Waals surface area contributed by atoms with Gasteiger partial charge in [0.05, 0.1) is 16.1 Å². The van der Waals surface area contributed by atoms with Crippen molar-refractivity contribution in [3.05, 3.63) is 32.8 Å². The topological polar surface area (TPSA) is 45.2 Å². The first-order chi connectivity index (χ1) is 12.8. The summed E-state index contributed by atoms with van der Waals surface area (Å²) in [4.78, 5) is 21.7. The molecule has 7 heteroatoms. The summed E-state index contributed by atoms with van der Waals surface area (Å²) >= 11 is 3.66. The maximum atomic E-state index is 4.72. The molecular weight excluding hydrogens is 362 g/mol. The van der Waals surface area contributed by atoms with Crippen LogP contribution >= 0.6 is 22.7 Å². The van der Waals surface area contributed by atoms with Crippen molar-refractivity contribution in [1.29, 1.82) is 0 Å². The van der Waals surface area contributed by atoms with Crippen molar-refractivity contribution in [2.45, 2.75) is 39.2 Å². The summed E-state index contributed by atoms with van der Waals surface area (Å²) in [7, 11) is 0.